The Morgan fingerprint density at radius 3 is 2.29 bits per heavy atom. The molecule has 1 saturated carbocycles. The highest BCUT2D eigenvalue weighted by Gasteiger charge is 2.35. The molecule has 6 heteroatoms. The van der Waals surface area contributed by atoms with Gasteiger partial charge >= 0.3 is 0 Å². The fraction of sp³-hybridized carbons (Fsp3) is 0.944. The van der Waals surface area contributed by atoms with Crippen molar-refractivity contribution < 1.29 is 8.42 Å². The summed E-state index contributed by atoms with van der Waals surface area (Å²) < 4.78 is 22.8. The minimum Gasteiger partial charge on any atom is -0.357 e. The molecule has 0 aromatic heterocycles. The lowest BCUT2D eigenvalue weighted by Gasteiger charge is -2.26. The molecule has 2 unspecified atom stereocenters. The van der Waals surface area contributed by atoms with Crippen molar-refractivity contribution in [2.75, 3.05) is 38.2 Å². The fourth-order valence-corrected chi connectivity index (χ4v) is 4.76. The first-order chi connectivity index (χ1) is 11.2. The van der Waals surface area contributed by atoms with Gasteiger partial charge < -0.3 is 10.2 Å². The van der Waals surface area contributed by atoms with Crippen molar-refractivity contribution in [1.29, 1.82) is 0 Å². The van der Waals surface area contributed by atoms with E-state index in [2.05, 4.69) is 31.0 Å². The van der Waals surface area contributed by atoms with E-state index in [0.717, 1.165) is 37.4 Å². The third-order valence-corrected chi connectivity index (χ3v) is 6.36. The highest BCUT2D eigenvalue weighted by molar-refractivity contribution is 7.90. The van der Waals surface area contributed by atoms with Crippen molar-refractivity contribution in [2.45, 2.75) is 52.9 Å². The van der Waals surface area contributed by atoms with Crippen LogP contribution in [0.5, 0.6) is 0 Å². The molecule has 2 fully saturated rings. The van der Waals surface area contributed by atoms with Gasteiger partial charge in [-0.25, -0.2) is 8.42 Å². The lowest BCUT2D eigenvalue weighted by atomic mass is 9.82. The van der Waals surface area contributed by atoms with Gasteiger partial charge in [0, 0.05) is 32.4 Å². The Hall–Kier alpha value is -0.780. The van der Waals surface area contributed by atoms with Gasteiger partial charge in [0.15, 0.2) is 5.96 Å². The summed E-state index contributed by atoms with van der Waals surface area (Å²) in [5.41, 5.74) is -0.101. The molecular formula is C18H35N3O2S. The van der Waals surface area contributed by atoms with E-state index >= 15 is 0 Å². The predicted molar refractivity (Wildman–Crippen MR) is 101 cm³/mol. The van der Waals surface area contributed by atoms with Gasteiger partial charge in [0.25, 0.3) is 0 Å². The van der Waals surface area contributed by atoms with Crippen LogP contribution in [-0.2, 0) is 9.84 Å². The molecule has 1 N–H and O–H groups in total. The molecule has 140 valence electrons. The summed E-state index contributed by atoms with van der Waals surface area (Å²) in [6, 6.07) is 0. The molecule has 0 spiro atoms. The van der Waals surface area contributed by atoms with E-state index in [1.54, 1.807) is 0 Å². The van der Waals surface area contributed by atoms with E-state index in [-0.39, 0.29) is 11.2 Å². The van der Waals surface area contributed by atoms with E-state index in [9.17, 15) is 8.42 Å². The molecule has 0 aromatic rings. The average Bonchev–Trinajstić information content (AvgIpc) is 2.93. The van der Waals surface area contributed by atoms with Crippen LogP contribution in [0.2, 0.25) is 0 Å². The van der Waals surface area contributed by atoms with Gasteiger partial charge in [0.05, 0.1) is 5.75 Å². The number of hydrogen-bond acceptors (Lipinski definition) is 3. The average molecular weight is 358 g/mol. The summed E-state index contributed by atoms with van der Waals surface area (Å²) in [5, 5.41) is 3.44. The van der Waals surface area contributed by atoms with Crippen LogP contribution in [0.4, 0.5) is 0 Å². The topological polar surface area (TPSA) is 61.8 Å². The Kier molecular flexibility index (Phi) is 6.57. The molecule has 2 rings (SSSR count). The minimum absolute atomic E-state index is 0.101. The highest BCUT2D eigenvalue weighted by Crippen LogP contribution is 2.36. The number of nitrogens with one attached hydrogen (secondary N) is 1. The Bertz CT molecular complexity index is 528. The predicted octanol–water partition coefficient (Wildman–Crippen LogP) is 2.53. The Morgan fingerprint density at radius 1 is 1.21 bits per heavy atom. The van der Waals surface area contributed by atoms with E-state index in [1.807, 2.05) is 0 Å². The van der Waals surface area contributed by atoms with Crippen LogP contribution in [0.3, 0.4) is 0 Å². The van der Waals surface area contributed by atoms with E-state index in [4.69, 9.17) is 4.99 Å². The van der Waals surface area contributed by atoms with Gasteiger partial charge in [-0.2, -0.15) is 0 Å². The van der Waals surface area contributed by atoms with Gasteiger partial charge in [-0.1, -0.05) is 26.7 Å². The number of hydrogen-bond donors (Lipinski definition) is 1. The molecule has 1 heterocycles. The van der Waals surface area contributed by atoms with Crippen LogP contribution in [0, 0.1) is 17.3 Å². The van der Waals surface area contributed by atoms with Gasteiger partial charge in [-0.15, -0.1) is 0 Å². The number of fused-ring (bicyclic) bond motifs is 1. The molecule has 2 atom stereocenters. The summed E-state index contributed by atoms with van der Waals surface area (Å²) in [6.45, 7) is 10.1. The molecule has 0 aromatic carbocycles. The number of likely N-dealkylation sites (tertiary alicyclic amines) is 1. The second kappa shape index (κ2) is 8.07. The first kappa shape index (κ1) is 19.5. The summed E-state index contributed by atoms with van der Waals surface area (Å²) in [5.74, 6) is 2.92. The molecule has 0 bridgehead atoms. The first-order valence-electron chi connectivity index (χ1n) is 9.41. The second-order valence-electron chi connectivity index (χ2n) is 8.42. The Balaban J connectivity index is 1.97. The summed E-state index contributed by atoms with van der Waals surface area (Å²) in [7, 11) is -2.91. The normalized spacial score (nSPS) is 25.7. The van der Waals surface area contributed by atoms with Gasteiger partial charge in [-0.3, -0.25) is 4.99 Å². The minimum atomic E-state index is -2.91. The van der Waals surface area contributed by atoms with Gasteiger partial charge in [0.2, 0.25) is 0 Å². The lowest BCUT2D eigenvalue weighted by molar-refractivity contribution is 0.299. The van der Waals surface area contributed by atoms with E-state index in [1.165, 1.54) is 31.9 Å². The maximum absolute atomic E-state index is 11.4. The second-order valence-corrected chi connectivity index (χ2v) is 10.7. The number of guanidine groups is 1. The molecule has 0 amide bonds. The van der Waals surface area contributed by atoms with Crippen molar-refractivity contribution in [3.8, 4) is 0 Å². The van der Waals surface area contributed by atoms with Crippen molar-refractivity contribution in [2.24, 2.45) is 22.2 Å². The fourth-order valence-electron chi connectivity index (χ4n) is 3.83. The number of aliphatic imine (C=N–C) groups is 1. The van der Waals surface area contributed by atoms with Gasteiger partial charge in [0.1, 0.15) is 9.84 Å². The third-order valence-electron chi connectivity index (χ3n) is 5.42. The van der Waals surface area contributed by atoms with Crippen molar-refractivity contribution >= 4 is 15.8 Å². The largest absolute Gasteiger partial charge is 0.357 e. The smallest absolute Gasteiger partial charge is 0.193 e. The van der Waals surface area contributed by atoms with Crippen LogP contribution in [0.25, 0.3) is 0 Å². The van der Waals surface area contributed by atoms with Crippen LogP contribution in [-0.4, -0.2) is 57.5 Å². The lowest BCUT2D eigenvalue weighted by Crippen LogP contribution is -2.41. The zero-order chi connectivity index (χ0) is 17.8. The van der Waals surface area contributed by atoms with Crippen LogP contribution < -0.4 is 5.32 Å². The third kappa shape index (κ3) is 5.94. The molecular weight excluding hydrogens is 322 g/mol. The quantitative estimate of drug-likeness (QED) is 0.586. The molecule has 1 saturated heterocycles. The van der Waals surface area contributed by atoms with Gasteiger partial charge in [-0.05, 0) is 43.4 Å². The number of rotatable bonds is 6. The zero-order valence-corrected chi connectivity index (χ0v) is 16.7. The van der Waals surface area contributed by atoms with Crippen molar-refractivity contribution in [3.05, 3.63) is 0 Å². The molecule has 5 nitrogen and oxygen atoms in total. The summed E-state index contributed by atoms with van der Waals surface area (Å²) >= 11 is 0. The Labute approximate surface area is 148 Å². The van der Waals surface area contributed by atoms with Crippen molar-refractivity contribution in [3.63, 3.8) is 0 Å². The molecule has 24 heavy (non-hydrogen) atoms. The number of nitrogens with zero attached hydrogens (tertiary/aromatic N) is 2. The van der Waals surface area contributed by atoms with Crippen molar-refractivity contribution in [1.82, 2.24) is 10.2 Å². The molecule has 1 aliphatic carbocycles. The SMILES string of the molecule is CCNC(=NCC(C)(C)CCS(C)(=O)=O)N1CC2CCCCC2C1. The van der Waals surface area contributed by atoms with Crippen LogP contribution >= 0.6 is 0 Å². The summed E-state index contributed by atoms with van der Waals surface area (Å²) in [6.07, 6.45) is 7.44. The monoisotopic (exact) mass is 357 g/mol. The van der Waals surface area contributed by atoms with Crippen LogP contribution in [0.1, 0.15) is 52.9 Å². The number of sulfone groups is 1. The maximum atomic E-state index is 11.4. The highest BCUT2D eigenvalue weighted by atomic mass is 32.2. The molecule has 0 radical (unpaired) electrons. The van der Waals surface area contributed by atoms with Crippen LogP contribution in [0.15, 0.2) is 4.99 Å². The Morgan fingerprint density at radius 2 is 1.79 bits per heavy atom. The standard InChI is InChI=1S/C18H35N3O2S/c1-5-19-17(20-14-18(2,3)10-11-24(4,22)23)21-12-15-8-6-7-9-16(15)13-21/h15-16H,5-14H2,1-4H3,(H,19,20). The summed E-state index contributed by atoms with van der Waals surface area (Å²) in [4.78, 5) is 7.29. The van der Waals surface area contributed by atoms with E-state index in [0.29, 0.717) is 13.0 Å². The molecule has 1 aliphatic heterocycles. The molecule has 2 aliphatic rings. The zero-order valence-electron chi connectivity index (χ0n) is 15.8. The van der Waals surface area contributed by atoms with E-state index < -0.39 is 9.84 Å². The maximum Gasteiger partial charge on any atom is 0.193 e. The first-order valence-corrected chi connectivity index (χ1v) is 11.5.